The summed E-state index contributed by atoms with van der Waals surface area (Å²) in [6.07, 6.45) is 2.38. The Labute approximate surface area is 139 Å². The highest BCUT2D eigenvalue weighted by Crippen LogP contribution is 2.31. The maximum absolute atomic E-state index is 12.2. The Balaban J connectivity index is 2.06. The Hall–Kier alpha value is -2.63. The van der Waals surface area contributed by atoms with Crippen LogP contribution >= 0.6 is 0 Å². The summed E-state index contributed by atoms with van der Waals surface area (Å²) in [6.45, 7) is 4.83. The lowest BCUT2D eigenvalue weighted by atomic mass is 10.00. The van der Waals surface area contributed by atoms with Crippen molar-refractivity contribution >= 4 is 29.1 Å². The number of fused-ring (bicyclic) bond motifs is 3. The highest BCUT2D eigenvalue weighted by molar-refractivity contribution is 6.00. The summed E-state index contributed by atoms with van der Waals surface area (Å²) in [7, 11) is 0. The molecule has 0 aliphatic carbocycles. The van der Waals surface area contributed by atoms with E-state index >= 15 is 0 Å². The SMILES string of the molecule is CCOC(=O)c1ccc2c3c([nH]c2c1)C(C(=O)OCC)C=NCC3. The molecule has 2 aromatic rings. The van der Waals surface area contributed by atoms with Crippen molar-refractivity contribution in [2.45, 2.75) is 26.2 Å². The van der Waals surface area contributed by atoms with Gasteiger partial charge in [0, 0.05) is 29.4 Å². The normalized spacial score (nSPS) is 16.5. The van der Waals surface area contributed by atoms with Gasteiger partial charge in [0.05, 0.1) is 18.8 Å². The van der Waals surface area contributed by atoms with Gasteiger partial charge in [-0.2, -0.15) is 0 Å². The third kappa shape index (κ3) is 2.91. The summed E-state index contributed by atoms with van der Waals surface area (Å²) in [5, 5.41) is 0.998. The first kappa shape index (κ1) is 16.2. The van der Waals surface area contributed by atoms with Gasteiger partial charge in [-0.15, -0.1) is 0 Å². The van der Waals surface area contributed by atoms with Crippen LogP contribution in [-0.2, 0) is 20.7 Å². The largest absolute Gasteiger partial charge is 0.465 e. The number of hydrogen-bond donors (Lipinski definition) is 1. The van der Waals surface area contributed by atoms with Crippen LogP contribution in [0.2, 0.25) is 0 Å². The Bertz CT molecular complexity index is 807. The monoisotopic (exact) mass is 328 g/mol. The van der Waals surface area contributed by atoms with Crippen LogP contribution in [0.1, 0.15) is 41.4 Å². The van der Waals surface area contributed by atoms with Crippen molar-refractivity contribution in [3.8, 4) is 0 Å². The second-order valence-electron chi connectivity index (χ2n) is 5.53. The lowest BCUT2D eigenvalue weighted by molar-refractivity contribution is -0.143. The van der Waals surface area contributed by atoms with Crippen LogP contribution in [0, 0.1) is 0 Å². The molecule has 1 aliphatic heterocycles. The summed E-state index contributed by atoms with van der Waals surface area (Å²) in [5.74, 6) is -1.21. The number of esters is 2. The Kier molecular flexibility index (Phi) is 4.64. The summed E-state index contributed by atoms with van der Waals surface area (Å²) >= 11 is 0. The van der Waals surface area contributed by atoms with Crippen molar-refractivity contribution in [1.29, 1.82) is 0 Å². The molecule has 1 aromatic carbocycles. The molecule has 1 aromatic heterocycles. The second kappa shape index (κ2) is 6.86. The minimum absolute atomic E-state index is 0.318. The van der Waals surface area contributed by atoms with Crippen LogP contribution in [0.4, 0.5) is 0 Å². The number of aliphatic imine (C=N–C) groups is 1. The van der Waals surface area contributed by atoms with Crippen molar-refractivity contribution in [2.24, 2.45) is 4.99 Å². The van der Waals surface area contributed by atoms with Crippen molar-refractivity contribution in [3.05, 3.63) is 35.0 Å². The number of aromatic nitrogens is 1. The fourth-order valence-electron chi connectivity index (χ4n) is 2.99. The molecule has 0 saturated carbocycles. The second-order valence-corrected chi connectivity index (χ2v) is 5.53. The molecule has 1 atom stereocenters. The average Bonchev–Trinajstić information content (AvgIpc) is 2.79. The van der Waals surface area contributed by atoms with E-state index in [1.807, 2.05) is 6.07 Å². The van der Waals surface area contributed by atoms with E-state index < -0.39 is 5.92 Å². The molecule has 0 spiro atoms. The number of hydrogen-bond acceptors (Lipinski definition) is 5. The third-order valence-corrected chi connectivity index (χ3v) is 4.05. The van der Waals surface area contributed by atoms with Gasteiger partial charge in [-0.3, -0.25) is 9.79 Å². The molecule has 1 aliphatic rings. The molecular weight excluding hydrogens is 308 g/mol. The van der Waals surface area contributed by atoms with E-state index in [4.69, 9.17) is 9.47 Å². The van der Waals surface area contributed by atoms with E-state index in [-0.39, 0.29) is 11.9 Å². The van der Waals surface area contributed by atoms with Crippen LogP contribution in [0.5, 0.6) is 0 Å². The molecule has 6 nitrogen and oxygen atoms in total. The molecule has 3 rings (SSSR count). The first-order chi connectivity index (χ1) is 11.7. The zero-order valence-electron chi connectivity index (χ0n) is 13.8. The van der Waals surface area contributed by atoms with Crippen LogP contribution in [0.15, 0.2) is 23.2 Å². The van der Waals surface area contributed by atoms with Gasteiger partial charge in [0.2, 0.25) is 0 Å². The molecule has 1 N–H and O–H groups in total. The van der Waals surface area contributed by atoms with Crippen LogP contribution in [0.3, 0.4) is 0 Å². The van der Waals surface area contributed by atoms with Crippen molar-refractivity contribution in [2.75, 3.05) is 19.8 Å². The number of rotatable bonds is 4. The highest BCUT2D eigenvalue weighted by Gasteiger charge is 2.27. The quantitative estimate of drug-likeness (QED) is 0.875. The minimum Gasteiger partial charge on any atom is -0.465 e. The highest BCUT2D eigenvalue weighted by atomic mass is 16.5. The molecule has 2 heterocycles. The summed E-state index contributed by atoms with van der Waals surface area (Å²) in [5.41, 5.74) is 3.15. The van der Waals surface area contributed by atoms with Crippen LogP contribution in [-0.4, -0.2) is 42.9 Å². The van der Waals surface area contributed by atoms with E-state index in [0.29, 0.717) is 25.3 Å². The molecule has 0 saturated heterocycles. The molecule has 1 unspecified atom stereocenters. The first-order valence-corrected chi connectivity index (χ1v) is 8.13. The van der Waals surface area contributed by atoms with Gasteiger partial charge in [0.15, 0.2) is 0 Å². The number of H-pyrrole nitrogens is 1. The van der Waals surface area contributed by atoms with Gasteiger partial charge in [-0.05, 0) is 38.0 Å². The first-order valence-electron chi connectivity index (χ1n) is 8.13. The number of benzene rings is 1. The number of carbonyl (C=O) groups excluding carboxylic acids is 2. The molecule has 0 bridgehead atoms. The van der Waals surface area contributed by atoms with Gasteiger partial charge >= 0.3 is 11.9 Å². The lowest BCUT2D eigenvalue weighted by Crippen LogP contribution is -2.18. The number of carbonyl (C=O) groups is 2. The molecule has 126 valence electrons. The topological polar surface area (TPSA) is 80.8 Å². The Morgan fingerprint density at radius 2 is 2.04 bits per heavy atom. The van der Waals surface area contributed by atoms with E-state index in [2.05, 4.69) is 9.98 Å². The molecule has 0 amide bonds. The third-order valence-electron chi connectivity index (χ3n) is 4.05. The summed E-state index contributed by atoms with van der Waals surface area (Å²) < 4.78 is 10.2. The molecule has 0 fully saturated rings. The zero-order valence-corrected chi connectivity index (χ0v) is 13.8. The summed E-state index contributed by atoms with van der Waals surface area (Å²) in [6, 6.07) is 5.41. The number of nitrogens with zero attached hydrogens (tertiary/aromatic N) is 1. The average molecular weight is 328 g/mol. The van der Waals surface area contributed by atoms with Gasteiger partial charge < -0.3 is 14.5 Å². The van der Waals surface area contributed by atoms with Crippen molar-refractivity contribution in [3.63, 3.8) is 0 Å². The molecule has 6 heteroatoms. The number of aromatic amines is 1. The predicted octanol–water partition coefficient (Wildman–Crippen LogP) is 2.62. The molecular formula is C18H20N2O4. The maximum Gasteiger partial charge on any atom is 0.338 e. The van der Waals surface area contributed by atoms with Crippen LogP contribution in [0.25, 0.3) is 10.9 Å². The van der Waals surface area contributed by atoms with Gasteiger partial charge in [0.25, 0.3) is 0 Å². The smallest absolute Gasteiger partial charge is 0.338 e. The lowest BCUT2D eigenvalue weighted by Gasteiger charge is -2.10. The zero-order chi connectivity index (χ0) is 17.1. The fourth-order valence-corrected chi connectivity index (χ4v) is 2.99. The van der Waals surface area contributed by atoms with E-state index in [0.717, 1.165) is 28.6 Å². The standard InChI is InChI=1S/C18H20N2O4/c1-3-23-17(21)11-5-6-12-13-7-8-19-10-14(18(22)24-4-2)16(13)20-15(12)9-11/h5-6,9-10,14,20H,3-4,7-8H2,1-2H3. The Morgan fingerprint density at radius 1 is 1.25 bits per heavy atom. The Morgan fingerprint density at radius 3 is 2.79 bits per heavy atom. The van der Waals surface area contributed by atoms with Gasteiger partial charge in [0.1, 0.15) is 5.92 Å². The van der Waals surface area contributed by atoms with Gasteiger partial charge in [-0.1, -0.05) is 6.07 Å². The van der Waals surface area contributed by atoms with E-state index in [1.165, 1.54) is 0 Å². The number of ether oxygens (including phenoxy) is 2. The van der Waals surface area contributed by atoms with E-state index in [1.54, 1.807) is 32.2 Å². The molecule has 24 heavy (non-hydrogen) atoms. The molecule has 0 radical (unpaired) electrons. The van der Waals surface area contributed by atoms with Crippen molar-refractivity contribution < 1.29 is 19.1 Å². The predicted molar refractivity (Wildman–Crippen MR) is 90.7 cm³/mol. The number of nitrogens with one attached hydrogen (secondary N) is 1. The fraction of sp³-hybridized carbons (Fsp3) is 0.389. The van der Waals surface area contributed by atoms with Crippen molar-refractivity contribution in [1.82, 2.24) is 4.98 Å². The van der Waals surface area contributed by atoms with Gasteiger partial charge in [-0.25, -0.2) is 4.79 Å². The van der Waals surface area contributed by atoms with Crippen LogP contribution < -0.4 is 0 Å². The van der Waals surface area contributed by atoms with E-state index in [9.17, 15) is 9.59 Å². The maximum atomic E-state index is 12.2. The minimum atomic E-state index is -0.541. The summed E-state index contributed by atoms with van der Waals surface area (Å²) in [4.78, 5) is 31.7.